The van der Waals surface area contributed by atoms with E-state index < -0.39 is 17.7 Å². The van der Waals surface area contributed by atoms with Gasteiger partial charge in [0.15, 0.2) is 0 Å². The number of halogens is 1. The van der Waals surface area contributed by atoms with E-state index in [-0.39, 0.29) is 5.69 Å². The molecule has 0 spiro atoms. The molecule has 0 aliphatic carbocycles. The molecule has 7 heteroatoms. The van der Waals surface area contributed by atoms with Crippen molar-refractivity contribution in [2.24, 2.45) is 0 Å². The number of imidazole rings is 1. The number of carbonyl (C=O) groups is 2. The molecular weight excluding hydrogens is 313 g/mol. The van der Waals surface area contributed by atoms with E-state index in [0.29, 0.717) is 22.6 Å². The van der Waals surface area contributed by atoms with E-state index in [4.69, 9.17) is 0 Å². The second kappa shape index (κ2) is 6.11. The number of anilines is 1. The first-order chi connectivity index (χ1) is 11.5. The van der Waals surface area contributed by atoms with Crippen molar-refractivity contribution in [2.75, 3.05) is 12.4 Å². The summed E-state index contributed by atoms with van der Waals surface area (Å²) in [5, 5.41) is 2.69. The zero-order valence-electron chi connectivity index (χ0n) is 13.0. The highest BCUT2D eigenvalue weighted by Gasteiger charge is 2.17. The molecule has 2 heterocycles. The SMILES string of the molecule is COC(=O)c1cccc(NC(=O)c2c(C)nc3ccc(F)cn23)c1. The monoisotopic (exact) mass is 327 g/mol. The number of fused-ring (bicyclic) bond motifs is 1. The Labute approximate surface area is 136 Å². The van der Waals surface area contributed by atoms with E-state index in [1.54, 1.807) is 25.1 Å². The molecule has 0 radical (unpaired) electrons. The topological polar surface area (TPSA) is 72.7 Å². The quantitative estimate of drug-likeness (QED) is 0.751. The Morgan fingerprint density at radius 2 is 2.04 bits per heavy atom. The molecule has 1 aromatic carbocycles. The molecule has 2 aromatic heterocycles. The van der Waals surface area contributed by atoms with Gasteiger partial charge >= 0.3 is 5.97 Å². The number of nitrogens with zero attached hydrogens (tertiary/aromatic N) is 2. The lowest BCUT2D eigenvalue weighted by atomic mass is 10.2. The molecular formula is C17H14FN3O3. The van der Waals surface area contributed by atoms with Crippen LogP contribution in [-0.4, -0.2) is 28.4 Å². The molecule has 6 nitrogen and oxygen atoms in total. The number of aromatic nitrogens is 2. The van der Waals surface area contributed by atoms with E-state index >= 15 is 0 Å². The first-order valence-corrected chi connectivity index (χ1v) is 7.13. The number of pyridine rings is 1. The van der Waals surface area contributed by atoms with Crippen molar-refractivity contribution >= 4 is 23.2 Å². The lowest BCUT2D eigenvalue weighted by molar-refractivity contribution is 0.0600. The van der Waals surface area contributed by atoms with E-state index in [1.807, 2.05) is 0 Å². The third kappa shape index (κ3) is 2.83. The molecule has 122 valence electrons. The molecule has 0 bridgehead atoms. The third-order valence-corrected chi connectivity index (χ3v) is 3.51. The maximum atomic E-state index is 13.5. The summed E-state index contributed by atoms with van der Waals surface area (Å²) in [4.78, 5) is 28.4. The number of hydrogen-bond acceptors (Lipinski definition) is 4. The zero-order chi connectivity index (χ0) is 17.3. The molecule has 24 heavy (non-hydrogen) atoms. The molecule has 1 amide bonds. The summed E-state index contributed by atoms with van der Waals surface area (Å²) in [7, 11) is 1.28. The maximum Gasteiger partial charge on any atom is 0.337 e. The fourth-order valence-electron chi connectivity index (χ4n) is 2.44. The van der Waals surface area contributed by atoms with Crippen molar-refractivity contribution in [3.05, 3.63) is 65.4 Å². The van der Waals surface area contributed by atoms with Crippen LogP contribution in [0.2, 0.25) is 0 Å². The number of amides is 1. The van der Waals surface area contributed by atoms with Gasteiger partial charge in [-0.25, -0.2) is 14.2 Å². The van der Waals surface area contributed by atoms with Crippen LogP contribution in [0.5, 0.6) is 0 Å². The van der Waals surface area contributed by atoms with E-state index in [0.717, 1.165) is 0 Å². The Morgan fingerprint density at radius 1 is 1.25 bits per heavy atom. The average Bonchev–Trinajstić information content (AvgIpc) is 2.89. The molecule has 1 N–H and O–H groups in total. The van der Waals surface area contributed by atoms with E-state index in [9.17, 15) is 14.0 Å². The Kier molecular flexibility index (Phi) is 3.99. The Bertz CT molecular complexity index is 949. The minimum Gasteiger partial charge on any atom is -0.465 e. The van der Waals surface area contributed by atoms with Crippen molar-refractivity contribution < 1.29 is 18.7 Å². The van der Waals surface area contributed by atoms with Gasteiger partial charge in [-0.05, 0) is 37.3 Å². The summed E-state index contributed by atoms with van der Waals surface area (Å²) in [6, 6.07) is 9.13. The highest BCUT2D eigenvalue weighted by Crippen LogP contribution is 2.17. The largest absolute Gasteiger partial charge is 0.465 e. The minimum atomic E-state index is -0.501. The Hall–Kier alpha value is -3.22. The first-order valence-electron chi connectivity index (χ1n) is 7.13. The number of esters is 1. The van der Waals surface area contributed by atoms with Crippen LogP contribution in [0.15, 0.2) is 42.6 Å². The standard InChI is InChI=1S/C17H14FN3O3/c1-10-15(21-9-12(18)6-7-14(21)19-10)16(22)20-13-5-3-4-11(8-13)17(23)24-2/h3-9H,1-2H3,(H,20,22). The lowest BCUT2D eigenvalue weighted by Crippen LogP contribution is -2.16. The molecule has 0 aliphatic rings. The second-order valence-corrected chi connectivity index (χ2v) is 5.15. The highest BCUT2D eigenvalue weighted by molar-refractivity contribution is 6.05. The van der Waals surface area contributed by atoms with Crippen LogP contribution in [0, 0.1) is 12.7 Å². The van der Waals surface area contributed by atoms with Crippen molar-refractivity contribution in [1.29, 1.82) is 0 Å². The van der Waals surface area contributed by atoms with Gasteiger partial charge in [-0.3, -0.25) is 9.20 Å². The first kappa shape index (κ1) is 15.7. The molecule has 0 saturated carbocycles. The van der Waals surface area contributed by atoms with Gasteiger partial charge in [0.05, 0.1) is 18.4 Å². The second-order valence-electron chi connectivity index (χ2n) is 5.15. The van der Waals surface area contributed by atoms with Crippen LogP contribution in [-0.2, 0) is 4.74 Å². The molecule has 0 saturated heterocycles. The normalized spacial score (nSPS) is 10.6. The van der Waals surface area contributed by atoms with Gasteiger partial charge in [0.25, 0.3) is 5.91 Å². The number of ether oxygens (including phenoxy) is 1. The summed E-state index contributed by atoms with van der Waals surface area (Å²) in [5.74, 6) is -1.42. The molecule has 0 unspecified atom stereocenters. The molecule has 3 aromatic rings. The summed E-state index contributed by atoms with van der Waals surface area (Å²) < 4.78 is 19.5. The summed E-state index contributed by atoms with van der Waals surface area (Å²) in [6.45, 7) is 1.67. The number of aryl methyl sites for hydroxylation is 1. The van der Waals surface area contributed by atoms with Gasteiger partial charge in [-0.1, -0.05) is 6.07 Å². The predicted molar refractivity (Wildman–Crippen MR) is 85.6 cm³/mol. The van der Waals surface area contributed by atoms with Crippen LogP contribution < -0.4 is 5.32 Å². The van der Waals surface area contributed by atoms with Crippen LogP contribution in [0.3, 0.4) is 0 Å². The number of carbonyl (C=O) groups excluding carboxylic acids is 2. The molecule has 3 rings (SSSR count). The third-order valence-electron chi connectivity index (χ3n) is 3.51. The summed E-state index contributed by atoms with van der Waals surface area (Å²) in [5.41, 5.74) is 1.92. The van der Waals surface area contributed by atoms with E-state index in [1.165, 1.54) is 35.9 Å². The van der Waals surface area contributed by atoms with Crippen molar-refractivity contribution in [1.82, 2.24) is 9.38 Å². The minimum absolute atomic E-state index is 0.230. The van der Waals surface area contributed by atoms with Gasteiger partial charge < -0.3 is 10.1 Å². The number of nitrogens with one attached hydrogen (secondary N) is 1. The number of rotatable bonds is 3. The number of hydrogen-bond donors (Lipinski definition) is 1. The average molecular weight is 327 g/mol. The fraction of sp³-hybridized carbons (Fsp3) is 0.118. The van der Waals surface area contributed by atoms with Crippen LogP contribution >= 0.6 is 0 Å². The zero-order valence-corrected chi connectivity index (χ0v) is 13.0. The van der Waals surface area contributed by atoms with Crippen LogP contribution in [0.1, 0.15) is 26.5 Å². The van der Waals surface area contributed by atoms with Crippen molar-refractivity contribution in [3.8, 4) is 0 Å². The van der Waals surface area contributed by atoms with Gasteiger partial charge in [0, 0.05) is 11.9 Å². The van der Waals surface area contributed by atoms with Gasteiger partial charge in [0.1, 0.15) is 17.2 Å². The summed E-state index contributed by atoms with van der Waals surface area (Å²) in [6.07, 6.45) is 1.20. The molecule has 0 aliphatic heterocycles. The predicted octanol–water partition coefficient (Wildman–Crippen LogP) is 2.82. The smallest absolute Gasteiger partial charge is 0.337 e. The lowest BCUT2D eigenvalue weighted by Gasteiger charge is -2.07. The fourth-order valence-corrected chi connectivity index (χ4v) is 2.44. The van der Waals surface area contributed by atoms with Crippen LogP contribution in [0.4, 0.5) is 10.1 Å². The highest BCUT2D eigenvalue weighted by atomic mass is 19.1. The molecule has 0 fully saturated rings. The van der Waals surface area contributed by atoms with Crippen molar-refractivity contribution in [3.63, 3.8) is 0 Å². The molecule has 0 atom stereocenters. The number of benzene rings is 1. The maximum absolute atomic E-state index is 13.5. The summed E-state index contributed by atoms with van der Waals surface area (Å²) >= 11 is 0. The number of methoxy groups -OCH3 is 1. The van der Waals surface area contributed by atoms with Crippen LogP contribution in [0.25, 0.3) is 5.65 Å². The van der Waals surface area contributed by atoms with Gasteiger partial charge in [-0.15, -0.1) is 0 Å². The Balaban J connectivity index is 1.95. The van der Waals surface area contributed by atoms with Crippen molar-refractivity contribution in [2.45, 2.75) is 6.92 Å². The van der Waals surface area contributed by atoms with E-state index in [2.05, 4.69) is 15.0 Å². The van der Waals surface area contributed by atoms with Gasteiger partial charge in [0.2, 0.25) is 0 Å². The Morgan fingerprint density at radius 3 is 2.79 bits per heavy atom. The van der Waals surface area contributed by atoms with Gasteiger partial charge in [-0.2, -0.15) is 0 Å².